The van der Waals surface area contributed by atoms with Gasteiger partial charge in [0.25, 0.3) is 5.91 Å². The number of rotatable bonds is 7. The van der Waals surface area contributed by atoms with E-state index in [9.17, 15) is 9.59 Å². The SMILES string of the molecule is CN(C)CCC1(c2ccc(CN3C(=O)c4ccccc4C3C(N)=O)cc2)CC1. The van der Waals surface area contributed by atoms with Crippen LogP contribution in [0.25, 0.3) is 0 Å². The highest BCUT2D eigenvalue weighted by atomic mass is 16.2. The summed E-state index contributed by atoms with van der Waals surface area (Å²) in [6, 6.07) is 15.1. The molecular formula is C23H27N3O2. The summed E-state index contributed by atoms with van der Waals surface area (Å²) in [5, 5.41) is 0. The fraction of sp³-hybridized carbons (Fsp3) is 0.391. The van der Waals surface area contributed by atoms with Gasteiger partial charge in [-0.1, -0.05) is 42.5 Å². The zero-order chi connectivity index (χ0) is 19.9. The van der Waals surface area contributed by atoms with Gasteiger partial charge in [-0.3, -0.25) is 9.59 Å². The standard InChI is InChI=1S/C23H27N3O2/c1-25(2)14-13-23(11-12-23)17-9-7-16(8-10-17)15-26-20(21(24)27)18-5-3-4-6-19(18)22(26)28/h3-10,20H,11-15H2,1-2H3,(H2,24,27). The highest BCUT2D eigenvalue weighted by Crippen LogP contribution is 2.51. The Balaban J connectivity index is 1.52. The normalized spacial score (nSPS) is 19.8. The van der Waals surface area contributed by atoms with Crippen molar-refractivity contribution in [2.75, 3.05) is 20.6 Å². The molecule has 2 aromatic carbocycles. The predicted octanol–water partition coefficient (Wildman–Crippen LogP) is 2.85. The zero-order valence-corrected chi connectivity index (χ0v) is 16.5. The molecule has 1 fully saturated rings. The minimum Gasteiger partial charge on any atom is -0.368 e. The van der Waals surface area contributed by atoms with E-state index in [1.807, 2.05) is 18.2 Å². The first-order valence-corrected chi connectivity index (χ1v) is 9.85. The highest BCUT2D eigenvalue weighted by molar-refractivity contribution is 6.04. The third kappa shape index (κ3) is 3.31. The summed E-state index contributed by atoms with van der Waals surface area (Å²) in [5.41, 5.74) is 9.61. The monoisotopic (exact) mass is 377 g/mol. The van der Waals surface area contributed by atoms with Crippen LogP contribution in [0.5, 0.6) is 0 Å². The number of nitrogens with two attached hydrogens (primary N) is 1. The van der Waals surface area contributed by atoms with Crippen LogP contribution in [0.3, 0.4) is 0 Å². The lowest BCUT2D eigenvalue weighted by atomic mass is 9.91. The van der Waals surface area contributed by atoms with Crippen molar-refractivity contribution < 1.29 is 9.59 Å². The molecule has 0 bridgehead atoms. The summed E-state index contributed by atoms with van der Waals surface area (Å²) >= 11 is 0. The number of hydrogen-bond acceptors (Lipinski definition) is 3. The van der Waals surface area contributed by atoms with E-state index < -0.39 is 11.9 Å². The van der Waals surface area contributed by atoms with Crippen LogP contribution < -0.4 is 5.73 Å². The Morgan fingerprint density at radius 2 is 1.82 bits per heavy atom. The molecule has 0 saturated heterocycles. The molecule has 1 aliphatic heterocycles. The Kier molecular flexibility index (Phi) is 4.71. The summed E-state index contributed by atoms with van der Waals surface area (Å²) < 4.78 is 0. The van der Waals surface area contributed by atoms with E-state index in [4.69, 9.17) is 5.73 Å². The molecule has 4 rings (SSSR count). The summed E-state index contributed by atoms with van der Waals surface area (Å²) in [6.45, 7) is 1.47. The lowest BCUT2D eigenvalue weighted by Crippen LogP contribution is -2.35. The number of fused-ring (bicyclic) bond motifs is 1. The molecule has 0 spiro atoms. The van der Waals surface area contributed by atoms with Gasteiger partial charge in [-0.25, -0.2) is 0 Å². The summed E-state index contributed by atoms with van der Waals surface area (Å²) in [6.07, 6.45) is 3.65. The predicted molar refractivity (Wildman–Crippen MR) is 109 cm³/mol. The van der Waals surface area contributed by atoms with Crippen LogP contribution in [0.15, 0.2) is 48.5 Å². The molecule has 146 valence electrons. The van der Waals surface area contributed by atoms with Crippen molar-refractivity contribution in [2.45, 2.75) is 37.3 Å². The minimum absolute atomic E-state index is 0.131. The highest BCUT2D eigenvalue weighted by Gasteiger charge is 2.44. The number of hydrogen-bond donors (Lipinski definition) is 1. The van der Waals surface area contributed by atoms with Crippen LogP contribution >= 0.6 is 0 Å². The van der Waals surface area contributed by atoms with Crippen LogP contribution in [0.2, 0.25) is 0 Å². The van der Waals surface area contributed by atoms with Crippen LogP contribution in [-0.2, 0) is 16.8 Å². The summed E-state index contributed by atoms with van der Waals surface area (Å²) in [7, 11) is 4.22. The molecule has 1 atom stereocenters. The van der Waals surface area contributed by atoms with E-state index in [0.717, 1.165) is 12.1 Å². The molecule has 5 nitrogen and oxygen atoms in total. The van der Waals surface area contributed by atoms with Gasteiger partial charge >= 0.3 is 0 Å². The fourth-order valence-electron chi connectivity index (χ4n) is 4.27. The number of nitrogens with zero attached hydrogens (tertiary/aromatic N) is 2. The lowest BCUT2D eigenvalue weighted by molar-refractivity contribution is -0.122. The Bertz CT molecular complexity index is 900. The van der Waals surface area contributed by atoms with Gasteiger partial charge in [-0.15, -0.1) is 0 Å². The van der Waals surface area contributed by atoms with E-state index in [2.05, 4.69) is 43.3 Å². The van der Waals surface area contributed by atoms with Gasteiger partial charge in [-0.2, -0.15) is 0 Å². The average molecular weight is 377 g/mol. The van der Waals surface area contributed by atoms with Crippen LogP contribution in [0, 0.1) is 0 Å². The van der Waals surface area contributed by atoms with Crippen LogP contribution in [-0.4, -0.2) is 42.3 Å². The van der Waals surface area contributed by atoms with Gasteiger partial charge < -0.3 is 15.5 Å². The van der Waals surface area contributed by atoms with Crippen molar-refractivity contribution in [3.8, 4) is 0 Å². The van der Waals surface area contributed by atoms with E-state index >= 15 is 0 Å². The number of carbonyl (C=O) groups excluding carboxylic acids is 2. The molecule has 2 amide bonds. The smallest absolute Gasteiger partial charge is 0.255 e. The van der Waals surface area contributed by atoms with Gasteiger partial charge in [0, 0.05) is 12.1 Å². The van der Waals surface area contributed by atoms with Crippen molar-refractivity contribution in [1.29, 1.82) is 0 Å². The first-order chi connectivity index (χ1) is 13.4. The molecule has 2 N–H and O–H groups in total. The molecule has 0 radical (unpaired) electrons. The van der Waals surface area contributed by atoms with Crippen molar-refractivity contribution in [1.82, 2.24) is 9.80 Å². The van der Waals surface area contributed by atoms with Gasteiger partial charge in [0.2, 0.25) is 5.91 Å². The maximum atomic E-state index is 12.8. The second-order valence-electron chi connectivity index (χ2n) is 8.36. The van der Waals surface area contributed by atoms with E-state index in [1.54, 1.807) is 11.0 Å². The topological polar surface area (TPSA) is 66.6 Å². The number of benzene rings is 2. The summed E-state index contributed by atoms with van der Waals surface area (Å²) in [4.78, 5) is 28.7. The van der Waals surface area contributed by atoms with Crippen molar-refractivity contribution in [3.05, 3.63) is 70.8 Å². The number of carbonyl (C=O) groups is 2. The third-order valence-corrected chi connectivity index (χ3v) is 6.14. The largest absolute Gasteiger partial charge is 0.368 e. The van der Waals surface area contributed by atoms with Gasteiger partial charge in [0.05, 0.1) is 0 Å². The first kappa shape index (κ1) is 18.7. The third-order valence-electron chi connectivity index (χ3n) is 6.14. The molecule has 1 unspecified atom stereocenters. The van der Waals surface area contributed by atoms with Crippen LogP contribution in [0.4, 0.5) is 0 Å². The maximum Gasteiger partial charge on any atom is 0.255 e. The minimum atomic E-state index is -0.696. The van der Waals surface area contributed by atoms with Crippen molar-refractivity contribution in [3.63, 3.8) is 0 Å². The summed E-state index contributed by atoms with van der Waals surface area (Å²) in [5.74, 6) is -0.622. The second-order valence-corrected chi connectivity index (χ2v) is 8.36. The molecule has 1 aliphatic carbocycles. The fourth-order valence-corrected chi connectivity index (χ4v) is 4.27. The van der Waals surface area contributed by atoms with Gasteiger partial charge in [0.15, 0.2) is 0 Å². The molecule has 2 aliphatic rings. The van der Waals surface area contributed by atoms with Gasteiger partial charge in [0.1, 0.15) is 6.04 Å². The molecule has 28 heavy (non-hydrogen) atoms. The van der Waals surface area contributed by atoms with Crippen LogP contribution in [0.1, 0.15) is 52.4 Å². The van der Waals surface area contributed by atoms with Crippen molar-refractivity contribution >= 4 is 11.8 Å². The number of primary amides is 1. The van der Waals surface area contributed by atoms with E-state index in [1.165, 1.54) is 24.8 Å². The molecule has 2 aromatic rings. The molecule has 1 saturated carbocycles. The van der Waals surface area contributed by atoms with E-state index in [-0.39, 0.29) is 5.91 Å². The average Bonchev–Trinajstić information content (AvgIpc) is 3.42. The van der Waals surface area contributed by atoms with E-state index in [0.29, 0.717) is 23.1 Å². The molecular weight excluding hydrogens is 350 g/mol. The molecule has 1 heterocycles. The Hall–Kier alpha value is -2.66. The molecule has 5 heteroatoms. The first-order valence-electron chi connectivity index (χ1n) is 9.85. The number of amides is 2. The second kappa shape index (κ2) is 7.06. The quantitative estimate of drug-likeness (QED) is 0.807. The maximum absolute atomic E-state index is 12.8. The molecule has 0 aromatic heterocycles. The van der Waals surface area contributed by atoms with Crippen molar-refractivity contribution in [2.24, 2.45) is 5.73 Å². The Morgan fingerprint density at radius 3 is 2.43 bits per heavy atom. The Morgan fingerprint density at radius 1 is 1.14 bits per heavy atom. The zero-order valence-electron chi connectivity index (χ0n) is 16.5. The lowest BCUT2D eigenvalue weighted by Gasteiger charge is -2.23. The van der Waals surface area contributed by atoms with Gasteiger partial charge in [-0.05, 0) is 68.1 Å². The Labute approximate surface area is 166 Å².